The number of fused-ring (bicyclic) bond motifs is 1. The summed E-state index contributed by atoms with van der Waals surface area (Å²) in [6.07, 6.45) is 0.900. The molecule has 0 amide bonds. The van der Waals surface area contributed by atoms with Gasteiger partial charge in [-0.05, 0) is 25.0 Å². The smallest absolute Gasteiger partial charge is 0.154 e. The maximum absolute atomic E-state index is 14.4. The van der Waals surface area contributed by atoms with E-state index in [0.29, 0.717) is 17.3 Å². The van der Waals surface area contributed by atoms with Gasteiger partial charge in [0.05, 0.1) is 6.61 Å². The van der Waals surface area contributed by atoms with E-state index in [0.717, 1.165) is 24.3 Å². The molecule has 0 spiro atoms. The quantitative estimate of drug-likeness (QED) is 0.862. The number of hydrogen-bond donors (Lipinski definition) is 1. The van der Waals surface area contributed by atoms with Crippen molar-refractivity contribution < 1.29 is 13.9 Å². The summed E-state index contributed by atoms with van der Waals surface area (Å²) in [7, 11) is 3.25. The van der Waals surface area contributed by atoms with Gasteiger partial charge >= 0.3 is 0 Å². The Labute approximate surface area is 135 Å². The maximum atomic E-state index is 14.4. The molecule has 0 bridgehead atoms. The lowest BCUT2D eigenvalue weighted by Crippen LogP contribution is -2.48. The SMILES string of the molecule is COC.Cc1ccc(C23COCCC2CSC(N)=N3)c(F)c1. The Bertz CT molecular complexity index is 553. The van der Waals surface area contributed by atoms with Gasteiger partial charge in [-0.2, -0.15) is 0 Å². The van der Waals surface area contributed by atoms with Gasteiger partial charge in [-0.1, -0.05) is 23.9 Å². The highest BCUT2D eigenvalue weighted by Crippen LogP contribution is 2.45. The van der Waals surface area contributed by atoms with Crippen molar-refractivity contribution in [1.29, 1.82) is 0 Å². The summed E-state index contributed by atoms with van der Waals surface area (Å²) in [5.41, 5.74) is 6.77. The lowest BCUT2D eigenvalue weighted by atomic mass is 9.76. The first kappa shape index (κ1) is 17.2. The van der Waals surface area contributed by atoms with Gasteiger partial charge < -0.3 is 15.2 Å². The Hall–Kier alpha value is -1.11. The fourth-order valence-corrected chi connectivity index (χ4v) is 3.94. The molecular formula is C16H23FN2O2S. The second-order valence-corrected chi connectivity index (χ2v) is 6.66. The monoisotopic (exact) mass is 326 g/mol. The highest BCUT2D eigenvalue weighted by Gasteiger charge is 2.47. The number of nitrogens with two attached hydrogens (primary N) is 1. The summed E-state index contributed by atoms with van der Waals surface area (Å²) >= 11 is 1.56. The molecule has 0 aromatic heterocycles. The van der Waals surface area contributed by atoms with Crippen molar-refractivity contribution in [3.8, 4) is 0 Å². The van der Waals surface area contributed by atoms with Crippen LogP contribution in [0.4, 0.5) is 4.39 Å². The molecule has 0 saturated carbocycles. The fourth-order valence-electron chi connectivity index (χ4n) is 2.90. The zero-order valence-corrected chi connectivity index (χ0v) is 14.1. The van der Waals surface area contributed by atoms with Crippen molar-refractivity contribution >= 4 is 16.9 Å². The fraction of sp³-hybridized carbons (Fsp3) is 0.562. The molecule has 6 heteroatoms. The minimum absolute atomic E-state index is 0.209. The largest absolute Gasteiger partial charge is 0.388 e. The van der Waals surface area contributed by atoms with Crippen molar-refractivity contribution in [2.45, 2.75) is 18.9 Å². The molecule has 2 unspecified atom stereocenters. The summed E-state index contributed by atoms with van der Waals surface area (Å²) in [5, 5.41) is 0.529. The van der Waals surface area contributed by atoms with E-state index in [-0.39, 0.29) is 11.7 Å². The summed E-state index contributed by atoms with van der Waals surface area (Å²) in [5.74, 6) is 0.959. The lowest BCUT2D eigenvalue weighted by Gasteiger charge is -2.43. The van der Waals surface area contributed by atoms with Crippen LogP contribution in [-0.4, -0.2) is 38.4 Å². The molecule has 1 saturated heterocycles. The van der Waals surface area contributed by atoms with E-state index in [1.807, 2.05) is 19.1 Å². The van der Waals surface area contributed by atoms with Crippen molar-refractivity contribution in [2.24, 2.45) is 16.6 Å². The molecule has 1 aromatic rings. The van der Waals surface area contributed by atoms with Gasteiger partial charge in [-0.25, -0.2) is 9.38 Å². The van der Waals surface area contributed by atoms with Crippen LogP contribution in [0.25, 0.3) is 0 Å². The van der Waals surface area contributed by atoms with Crippen molar-refractivity contribution in [3.05, 3.63) is 35.1 Å². The van der Waals surface area contributed by atoms with Crippen LogP contribution in [0.3, 0.4) is 0 Å². The van der Waals surface area contributed by atoms with E-state index in [1.54, 1.807) is 32.0 Å². The van der Waals surface area contributed by atoms with Gasteiger partial charge in [-0.15, -0.1) is 0 Å². The number of nitrogens with zero attached hydrogens (tertiary/aromatic N) is 1. The third-order valence-corrected chi connectivity index (χ3v) is 4.90. The summed E-state index contributed by atoms with van der Waals surface area (Å²) in [6, 6.07) is 5.31. The van der Waals surface area contributed by atoms with Gasteiger partial charge in [-0.3, -0.25) is 0 Å². The summed E-state index contributed by atoms with van der Waals surface area (Å²) in [6.45, 7) is 3.02. The Balaban J connectivity index is 0.000000545. The normalized spacial score (nSPS) is 27.3. The number of amidine groups is 1. The number of thioether (sulfide) groups is 1. The molecule has 2 heterocycles. The standard InChI is InChI=1S/C14H17FN2OS.C2H6O/c1-9-2-3-11(12(15)6-9)14-8-18-5-4-10(14)7-19-13(16)17-14;1-3-2/h2-3,6,10H,4-5,7-8H2,1H3,(H2,16,17);1-2H3. The number of benzene rings is 1. The van der Waals surface area contributed by atoms with E-state index in [9.17, 15) is 4.39 Å². The van der Waals surface area contributed by atoms with Crippen LogP contribution >= 0.6 is 11.8 Å². The zero-order chi connectivity index (χ0) is 16.2. The van der Waals surface area contributed by atoms with Crippen LogP contribution < -0.4 is 5.73 Å². The van der Waals surface area contributed by atoms with Gasteiger partial charge in [0.25, 0.3) is 0 Å². The third kappa shape index (κ3) is 3.45. The highest BCUT2D eigenvalue weighted by molar-refractivity contribution is 8.13. The number of aliphatic imine (C=N–C) groups is 1. The Morgan fingerprint density at radius 2 is 2.18 bits per heavy atom. The molecule has 2 aliphatic rings. The maximum Gasteiger partial charge on any atom is 0.154 e. The average Bonchev–Trinajstić information content (AvgIpc) is 2.47. The summed E-state index contributed by atoms with van der Waals surface area (Å²) < 4.78 is 24.2. The number of methoxy groups -OCH3 is 1. The van der Waals surface area contributed by atoms with Crippen LogP contribution in [0.15, 0.2) is 23.2 Å². The van der Waals surface area contributed by atoms with Crippen LogP contribution in [0.1, 0.15) is 17.5 Å². The first-order chi connectivity index (χ1) is 10.5. The van der Waals surface area contributed by atoms with Crippen LogP contribution in [-0.2, 0) is 15.0 Å². The molecule has 3 rings (SSSR count). The van der Waals surface area contributed by atoms with E-state index >= 15 is 0 Å². The van der Waals surface area contributed by atoms with Crippen LogP contribution in [0.2, 0.25) is 0 Å². The average molecular weight is 326 g/mol. The number of ether oxygens (including phenoxy) is 2. The van der Waals surface area contributed by atoms with Crippen molar-refractivity contribution in [2.75, 3.05) is 33.2 Å². The Kier molecular flexibility index (Phi) is 5.83. The number of hydrogen-bond acceptors (Lipinski definition) is 5. The first-order valence-electron chi connectivity index (χ1n) is 7.26. The molecule has 1 aromatic carbocycles. The second-order valence-electron chi connectivity index (χ2n) is 5.62. The predicted octanol–water partition coefficient (Wildman–Crippen LogP) is 2.69. The van der Waals surface area contributed by atoms with Crippen molar-refractivity contribution in [3.63, 3.8) is 0 Å². The van der Waals surface area contributed by atoms with Gasteiger partial charge in [0.15, 0.2) is 5.17 Å². The summed E-state index contributed by atoms with van der Waals surface area (Å²) in [4.78, 5) is 4.59. The highest BCUT2D eigenvalue weighted by atomic mass is 32.2. The van der Waals surface area contributed by atoms with E-state index in [4.69, 9.17) is 10.5 Å². The molecule has 4 nitrogen and oxygen atoms in total. The molecule has 2 N–H and O–H groups in total. The molecule has 2 aliphatic heterocycles. The van der Waals surface area contributed by atoms with Crippen LogP contribution in [0, 0.1) is 18.7 Å². The first-order valence-corrected chi connectivity index (χ1v) is 8.24. The minimum Gasteiger partial charge on any atom is -0.388 e. The number of aryl methyl sites for hydroxylation is 1. The molecular weight excluding hydrogens is 303 g/mol. The van der Waals surface area contributed by atoms with E-state index < -0.39 is 5.54 Å². The topological polar surface area (TPSA) is 56.8 Å². The van der Waals surface area contributed by atoms with Gasteiger partial charge in [0.1, 0.15) is 11.4 Å². The van der Waals surface area contributed by atoms with Gasteiger partial charge in [0.2, 0.25) is 0 Å². The molecule has 0 radical (unpaired) electrons. The third-order valence-electron chi connectivity index (χ3n) is 3.94. The van der Waals surface area contributed by atoms with E-state index in [2.05, 4.69) is 9.73 Å². The number of rotatable bonds is 1. The molecule has 122 valence electrons. The Morgan fingerprint density at radius 1 is 1.45 bits per heavy atom. The Morgan fingerprint density at radius 3 is 2.86 bits per heavy atom. The van der Waals surface area contributed by atoms with Crippen molar-refractivity contribution in [1.82, 2.24) is 0 Å². The second kappa shape index (κ2) is 7.44. The molecule has 22 heavy (non-hydrogen) atoms. The van der Waals surface area contributed by atoms with Gasteiger partial charge in [0, 0.05) is 38.1 Å². The lowest BCUT2D eigenvalue weighted by molar-refractivity contribution is 0.00300. The number of halogens is 1. The zero-order valence-electron chi connectivity index (χ0n) is 13.3. The minimum atomic E-state index is -0.634. The van der Waals surface area contributed by atoms with E-state index in [1.165, 1.54) is 0 Å². The molecule has 2 atom stereocenters. The molecule has 0 aliphatic carbocycles. The predicted molar refractivity (Wildman–Crippen MR) is 88.8 cm³/mol. The molecule has 1 fully saturated rings. The van der Waals surface area contributed by atoms with Crippen LogP contribution in [0.5, 0.6) is 0 Å².